The lowest BCUT2D eigenvalue weighted by molar-refractivity contribution is -0.274. The summed E-state index contributed by atoms with van der Waals surface area (Å²) in [5.41, 5.74) is 0.666. The Balaban J connectivity index is 1.89. The second kappa shape index (κ2) is 6.43. The molecule has 6 heteroatoms. The number of nitrogens with one attached hydrogen (secondary N) is 1. The molecule has 0 bridgehead atoms. The molecule has 1 saturated heterocycles. The van der Waals surface area contributed by atoms with E-state index in [2.05, 4.69) is 10.1 Å². The first-order valence-corrected chi connectivity index (χ1v) is 6.66. The Morgan fingerprint density at radius 3 is 2.45 bits per heavy atom. The van der Waals surface area contributed by atoms with Crippen LogP contribution in [0.1, 0.15) is 24.8 Å². The largest absolute Gasteiger partial charge is 0.573 e. The van der Waals surface area contributed by atoms with E-state index in [9.17, 15) is 17.6 Å². The minimum absolute atomic E-state index is 0.158. The molecule has 0 aliphatic carbocycles. The molecule has 0 saturated carbocycles. The van der Waals surface area contributed by atoms with Crippen molar-refractivity contribution in [3.8, 4) is 5.75 Å². The maximum Gasteiger partial charge on any atom is 0.573 e. The quantitative estimate of drug-likeness (QED) is 0.856. The van der Waals surface area contributed by atoms with Gasteiger partial charge in [-0.3, -0.25) is 0 Å². The van der Waals surface area contributed by atoms with Crippen LogP contribution in [0.2, 0.25) is 0 Å². The minimum atomic E-state index is -4.70. The number of hydrogen-bond donors (Lipinski definition) is 1. The van der Waals surface area contributed by atoms with Gasteiger partial charge in [-0.1, -0.05) is 18.6 Å². The summed E-state index contributed by atoms with van der Waals surface area (Å²) in [4.78, 5) is 0. The van der Waals surface area contributed by atoms with Gasteiger partial charge in [-0.05, 0) is 37.1 Å². The maximum absolute atomic E-state index is 14.1. The molecule has 1 heterocycles. The smallest absolute Gasteiger partial charge is 0.406 e. The summed E-state index contributed by atoms with van der Waals surface area (Å²) in [6.07, 6.45) is -2.65. The predicted molar refractivity (Wildman–Crippen MR) is 67.4 cm³/mol. The Morgan fingerprint density at radius 2 is 1.90 bits per heavy atom. The highest BCUT2D eigenvalue weighted by atomic mass is 19.4. The summed E-state index contributed by atoms with van der Waals surface area (Å²) >= 11 is 0. The zero-order chi connectivity index (χ0) is 14.6. The fraction of sp³-hybridized carbons (Fsp3) is 0.571. The number of rotatable bonds is 4. The van der Waals surface area contributed by atoms with Crippen molar-refractivity contribution in [1.29, 1.82) is 0 Å². The van der Waals surface area contributed by atoms with Gasteiger partial charge in [0.2, 0.25) is 0 Å². The second-order valence-corrected chi connectivity index (χ2v) is 4.97. The van der Waals surface area contributed by atoms with Crippen LogP contribution in [0.25, 0.3) is 0 Å². The first kappa shape index (κ1) is 15.1. The van der Waals surface area contributed by atoms with Crippen LogP contribution in [0.5, 0.6) is 5.75 Å². The standard InChI is InChI=1S/C14H17F4NO/c15-12(13-3-1-2-8-19-13)9-10-4-6-11(7-5-10)20-14(16,17)18/h4-7,12-13,19H,1-3,8-9H2. The Labute approximate surface area is 115 Å². The average molecular weight is 291 g/mol. The molecular formula is C14H17F4NO. The highest BCUT2D eigenvalue weighted by Gasteiger charge is 2.31. The van der Waals surface area contributed by atoms with Crippen LogP contribution >= 0.6 is 0 Å². The molecule has 0 radical (unpaired) electrons. The Hall–Kier alpha value is -1.30. The van der Waals surface area contributed by atoms with Gasteiger partial charge in [0.15, 0.2) is 0 Å². The van der Waals surface area contributed by atoms with E-state index < -0.39 is 12.5 Å². The molecule has 1 fully saturated rings. The SMILES string of the molecule is FC(Cc1ccc(OC(F)(F)F)cc1)C1CCCCN1. The van der Waals surface area contributed by atoms with Crippen molar-refractivity contribution in [3.05, 3.63) is 29.8 Å². The molecule has 2 rings (SSSR count). The van der Waals surface area contributed by atoms with Crippen LogP contribution in [0, 0.1) is 0 Å². The third-order valence-electron chi connectivity index (χ3n) is 3.37. The molecule has 2 nitrogen and oxygen atoms in total. The van der Waals surface area contributed by atoms with E-state index in [4.69, 9.17) is 0 Å². The molecule has 20 heavy (non-hydrogen) atoms. The number of hydrogen-bond acceptors (Lipinski definition) is 2. The van der Waals surface area contributed by atoms with Gasteiger partial charge in [0.25, 0.3) is 0 Å². The Kier molecular flexibility index (Phi) is 4.86. The fourth-order valence-corrected chi connectivity index (χ4v) is 2.38. The van der Waals surface area contributed by atoms with Crippen LogP contribution in [0.4, 0.5) is 17.6 Å². The van der Waals surface area contributed by atoms with Crippen LogP contribution in [0.3, 0.4) is 0 Å². The summed E-state index contributed by atoms with van der Waals surface area (Å²) in [5, 5.41) is 3.13. The van der Waals surface area contributed by atoms with Crippen LogP contribution in [-0.4, -0.2) is 25.1 Å². The molecule has 0 aromatic heterocycles. The lowest BCUT2D eigenvalue weighted by Gasteiger charge is -2.26. The summed E-state index contributed by atoms with van der Waals surface area (Å²) < 4.78 is 53.9. The van der Waals surface area contributed by atoms with Gasteiger partial charge in [-0.15, -0.1) is 13.2 Å². The van der Waals surface area contributed by atoms with E-state index in [1.54, 1.807) is 0 Å². The van der Waals surface area contributed by atoms with E-state index in [1.807, 2.05) is 0 Å². The average Bonchev–Trinajstić information content (AvgIpc) is 2.40. The zero-order valence-corrected chi connectivity index (χ0v) is 10.9. The number of halogens is 4. The van der Waals surface area contributed by atoms with Crippen molar-refractivity contribution in [2.24, 2.45) is 0 Å². The van der Waals surface area contributed by atoms with Crippen molar-refractivity contribution in [2.75, 3.05) is 6.54 Å². The van der Waals surface area contributed by atoms with E-state index >= 15 is 0 Å². The molecule has 112 valence electrons. The normalized spacial score (nSPS) is 21.5. The highest BCUT2D eigenvalue weighted by molar-refractivity contribution is 5.28. The van der Waals surface area contributed by atoms with Crippen LogP contribution in [0.15, 0.2) is 24.3 Å². The summed E-state index contributed by atoms with van der Waals surface area (Å²) in [6.45, 7) is 0.823. The van der Waals surface area contributed by atoms with Gasteiger partial charge >= 0.3 is 6.36 Å². The molecule has 2 atom stereocenters. The Bertz CT molecular complexity index is 412. The van der Waals surface area contributed by atoms with E-state index in [-0.39, 0.29) is 18.2 Å². The molecule has 1 aliphatic heterocycles. The monoisotopic (exact) mass is 291 g/mol. The third-order valence-corrected chi connectivity index (χ3v) is 3.37. The predicted octanol–water partition coefficient (Wildman–Crippen LogP) is 3.61. The lowest BCUT2D eigenvalue weighted by atomic mass is 9.96. The summed E-state index contributed by atoms with van der Waals surface area (Å²) in [7, 11) is 0. The maximum atomic E-state index is 14.1. The summed E-state index contributed by atoms with van der Waals surface area (Å²) in [5.74, 6) is -0.285. The number of ether oxygens (including phenoxy) is 1. The summed E-state index contributed by atoms with van der Waals surface area (Å²) in [6, 6.07) is 5.20. The van der Waals surface area contributed by atoms with E-state index in [0.29, 0.717) is 5.56 Å². The van der Waals surface area contributed by atoms with Crippen molar-refractivity contribution < 1.29 is 22.3 Å². The first-order chi connectivity index (χ1) is 9.44. The Morgan fingerprint density at radius 1 is 1.20 bits per heavy atom. The van der Waals surface area contributed by atoms with Crippen molar-refractivity contribution >= 4 is 0 Å². The van der Waals surface area contributed by atoms with Gasteiger partial charge in [0.1, 0.15) is 11.9 Å². The molecule has 2 unspecified atom stereocenters. The minimum Gasteiger partial charge on any atom is -0.406 e. The van der Waals surface area contributed by atoms with Gasteiger partial charge in [-0.25, -0.2) is 4.39 Å². The third kappa shape index (κ3) is 4.67. The second-order valence-electron chi connectivity index (χ2n) is 4.97. The van der Waals surface area contributed by atoms with Crippen molar-refractivity contribution in [1.82, 2.24) is 5.32 Å². The molecular weight excluding hydrogens is 274 g/mol. The molecule has 1 N–H and O–H groups in total. The van der Waals surface area contributed by atoms with Gasteiger partial charge in [-0.2, -0.15) is 0 Å². The molecule has 1 aromatic rings. The first-order valence-electron chi connectivity index (χ1n) is 6.66. The number of alkyl halides is 4. The van der Waals surface area contributed by atoms with E-state index in [1.165, 1.54) is 24.3 Å². The van der Waals surface area contributed by atoms with Crippen LogP contribution in [-0.2, 0) is 6.42 Å². The van der Waals surface area contributed by atoms with Crippen LogP contribution < -0.4 is 10.1 Å². The molecule has 0 amide bonds. The fourth-order valence-electron chi connectivity index (χ4n) is 2.38. The topological polar surface area (TPSA) is 21.3 Å². The van der Waals surface area contributed by atoms with Crippen molar-refractivity contribution in [2.45, 2.75) is 44.3 Å². The number of benzene rings is 1. The van der Waals surface area contributed by atoms with Gasteiger partial charge in [0.05, 0.1) is 0 Å². The number of piperidine rings is 1. The van der Waals surface area contributed by atoms with Crippen molar-refractivity contribution in [3.63, 3.8) is 0 Å². The highest BCUT2D eigenvalue weighted by Crippen LogP contribution is 2.24. The van der Waals surface area contributed by atoms with Gasteiger partial charge in [0, 0.05) is 12.5 Å². The van der Waals surface area contributed by atoms with E-state index in [0.717, 1.165) is 25.8 Å². The molecule has 1 aliphatic rings. The molecule has 1 aromatic carbocycles. The molecule has 0 spiro atoms. The van der Waals surface area contributed by atoms with Gasteiger partial charge < -0.3 is 10.1 Å². The lowest BCUT2D eigenvalue weighted by Crippen LogP contribution is -2.42. The zero-order valence-electron chi connectivity index (χ0n) is 10.9.